The molecule has 5 heteroatoms. The highest BCUT2D eigenvalue weighted by atomic mass is 35.5. The highest BCUT2D eigenvalue weighted by Crippen LogP contribution is 2.21. The Labute approximate surface area is 176 Å². The maximum atomic E-state index is 12.9. The van der Waals surface area contributed by atoms with E-state index in [9.17, 15) is 9.59 Å². The van der Waals surface area contributed by atoms with Gasteiger partial charge in [-0.1, -0.05) is 74.0 Å². The summed E-state index contributed by atoms with van der Waals surface area (Å²) in [5.74, 6) is -0.658. The summed E-state index contributed by atoms with van der Waals surface area (Å²) in [4.78, 5) is 25.5. The van der Waals surface area contributed by atoms with Gasteiger partial charge in [0.25, 0.3) is 5.91 Å². The van der Waals surface area contributed by atoms with Gasteiger partial charge in [-0.25, -0.2) is 0 Å². The molecule has 0 aliphatic rings. The monoisotopic (exact) mass is 408 g/mol. The van der Waals surface area contributed by atoms with Gasteiger partial charge in [-0.3, -0.25) is 9.59 Å². The van der Waals surface area contributed by atoms with E-state index in [0.717, 1.165) is 16.3 Å². The van der Waals surface area contributed by atoms with Gasteiger partial charge in [0.1, 0.15) is 6.04 Å². The molecule has 2 atom stereocenters. The molecule has 1 unspecified atom stereocenters. The fourth-order valence-corrected chi connectivity index (χ4v) is 3.48. The molecule has 0 saturated carbocycles. The predicted molar refractivity (Wildman–Crippen MR) is 118 cm³/mol. The molecule has 0 heterocycles. The van der Waals surface area contributed by atoms with Gasteiger partial charge in [0.2, 0.25) is 5.91 Å². The fourth-order valence-electron chi connectivity index (χ4n) is 3.26. The van der Waals surface area contributed by atoms with Crippen LogP contribution in [0.1, 0.15) is 42.7 Å². The Morgan fingerprint density at radius 3 is 2.17 bits per heavy atom. The Bertz CT molecular complexity index is 1030. The number of amides is 2. The van der Waals surface area contributed by atoms with Crippen molar-refractivity contribution in [2.45, 2.75) is 32.9 Å². The van der Waals surface area contributed by atoms with Crippen LogP contribution in [0.5, 0.6) is 0 Å². The minimum absolute atomic E-state index is 0.0785. The molecular formula is C24H25ClN2O2. The Morgan fingerprint density at radius 1 is 0.828 bits per heavy atom. The van der Waals surface area contributed by atoms with Crippen molar-refractivity contribution in [3.63, 3.8) is 0 Å². The van der Waals surface area contributed by atoms with E-state index >= 15 is 0 Å². The summed E-state index contributed by atoms with van der Waals surface area (Å²) in [5.41, 5.74) is 1.37. The van der Waals surface area contributed by atoms with Crippen LogP contribution in [0.3, 0.4) is 0 Å². The van der Waals surface area contributed by atoms with Crippen molar-refractivity contribution in [1.82, 2.24) is 10.6 Å². The molecule has 0 saturated heterocycles. The van der Waals surface area contributed by atoms with Gasteiger partial charge >= 0.3 is 0 Å². The molecule has 0 bridgehead atoms. The normalized spacial score (nSPS) is 13.1. The zero-order valence-corrected chi connectivity index (χ0v) is 17.5. The number of hydrogen-bond donors (Lipinski definition) is 2. The van der Waals surface area contributed by atoms with E-state index in [1.165, 1.54) is 0 Å². The number of fused-ring (bicyclic) bond motifs is 1. The smallest absolute Gasteiger partial charge is 0.253 e. The number of benzene rings is 3. The van der Waals surface area contributed by atoms with Crippen LogP contribution < -0.4 is 10.6 Å². The van der Waals surface area contributed by atoms with Crippen LogP contribution in [0.15, 0.2) is 66.7 Å². The molecule has 0 fully saturated rings. The van der Waals surface area contributed by atoms with E-state index in [2.05, 4.69) is 22.8 Å². The second-order valence-corrected chi connectivity index (χ2v) is 7.92. The van der Waals surface area contributed by atoms with Crippen LogP contribution in [0.25, 0.3) is 10.8 Å². The highest BCUT2D eigenvalue weighted by molar-refractivity contribution is 6.33. The lowest BCUT2D eigenvalue weighted by Gasteiger charge is -2.24. The molecule has 2 N–H and O–H groups in total. The highest BCUT2D eigenvalue weighted by Gasteiger charge is 2.26. The molecule has 0 aliphatic carbocycles. The third-order valence-corrected chi connectivity index (χ3v) is 5.32. The van der Waals surface area contributed by atoms with Crippen molar-refractivity contribution >= 4 is 34.2 Å². The van der Waals surface area contributed by atoms with Gasteiger partial charge in [0.15, 0.2) is 0 Å². The lowest BCUT2D eigenvalue weighted by Crippen LogP contribution is -2.50. The zero-order valence-electron chi connectivity index (χ0n) is 16.8. The third-order valence-electron chi connectivity index (χ3n) is 4.99. The van der Waals surface area contributed by atoms with Crippen LogP contribution in [-0.4, -0.2) is 17.9 Å². The molecule has 29 heavy (non-hydrogen) atoms. The maximum Gasteiger partial charge on any atom is 0.253 e. The second-order valence-electron chi connectivity index (χ2n) is 7.51. The Kier molecular flexibility index (Phi) is 6.55. The molecule has 0 aliphatic heterocycles. The molecule has 4 nitrogen and oxygen atoms in total. The van der Waals surface area contributed by atoms with Crippen molar-refractivity contribution in [2.24, 2.45) is 5.92 Å². The average Bonchev–Trinajstić information content (AvgIpc) is 2.71. The van der Waals surface area contributed by atoms with E-state index in [0.29, 0.717) is 10.6 Å². The predicted octanol–water partition coefficient (Wildman–Crippen LogP) is 5.13. The number of rotatable bonds is 6. The first kappa shape index (κ1) is 20.9. The fraction of sp³-hybridized carbons (Fsp3) is 0.250. The molecule has 150 valence electrons. The van der Waals surface area contributed by atoms with Crippen LogP contribution >= 0.6 is 11.6 Å². The number of carbonyl (C=O) groups excluding carboxylic acids is 2. The van der Waals surface area contributed by atoms with E-state index in [-0.39, 0.29) is 23.8 Å². The number of nitrogens with one attached hydrogen (secondary N) is 2. The average molecular weight is 409 g/mol. The van der Waals surface area contributed by atoms with Crippen molar-refractivity contribution in [1.29, 1.82) is 0 Å². The minimum Gasteiger partial charge on any atom is -0.348 e. The Balaban J connectivity index is 1.73. The summed E-state index contributed by atoms with van der Waals surface area (Å²) >= 11 is 6.11. The molecule has 0 spiro atoms. The summed E-state index contributed by atoms with van der Waals surface area (Å²) in [6, 6.07) is 20.2. The maximum absolute atomic E-state index is 12.9. The number of hydrogen-bond acceptors (Lipinski definition) is 2. The van der Waals surface area contributed by atoms with Crippen LogP contribution in [-0.2, 0) is 4.79 Å². The minimum atomic E-state index is -0.665. The van der Waals surface area contributed by atoms with Crippen molar-refractivity contribution in [3.8, 4) is 0 Å². The molecule has 3 rings (SSSR count). The first-order valence-electron chi connectivity index (χ1n) is 9.71. The summed E-state index contributed by atoms with van der Waals surface area (Å²) in [5, 5.41) is 8.49. The zero-order chi connectivity index (χ0) is 21.0. The van der Waals surface area contributed by atoms with Gasteiger partial charge in [-0.05, 0) is 47.4 Å². The molecule has 0 aromatic heterocycles. The summed E-state index contributed by atoms with van der Waals surface area (Å²) in [6.45, 7) is 5.74. The quantitative estimate of drug-likeness (QED) is 0.594. The van der Waals surface area contributed by atoms with Crippen molar-refractivity contribution < 1.29 is 9.59 Å². The number of carbonyl (C=O) groups is 2. The van der Waals surface area contributed by atoms with Crippen molar-refractivity contribution in [2.75, 3.05) is 0 Å². The molecule has 3 aromatic rings. The van der Waals surface area contributed by atoms with Gasteiger partial charge in [-0.15, -0.1) is 0 Å². The SMILES string of the molecule is CC(NC(=O)[C@@H](NC(=O)c1ccccc1Cl)C(C)C)c1ccc2ccccc2c1. The van der Waals surface area contributed by atoms with Crippen LogP contribution in [0, 0.1) is 5.92 Å². The lowest BCUT2D eigenvalue weighted by molar-refractivity contribution is -0.124. The Hall–Kier alpha value is -2.85. The molecule has 2 amide bonds. The van der Waals surface area contributed by atoms with E-state index in [1.807, 2.05) is 51.1 Å². The number of halogens is 1. The van der Waals surface area contributed by atoms with Crippen LogP contribution in [0.2, 0.25) is 5.02 Å². The lowest BCUT2D eigenvalue weighted by atomic mass is 10.00. The summed E-state index contributed by atoms with van der Waals surface area (Å²) in [6.07, 6.45) is 0. The molecular weight excluding hydrogens is 384 g/mol. The standard InChI is InChI=1S/C24H25ClN2O2/c1-15(2)22(27-23(28)20-10-6-7-11-21(20)25)24(29)26-16(3)18-13-12-17-8-4-5-9-19(17)14-18/h4-16,22H,1-3H3,(H,26,29)(H,27,28)/t16?,22-/m0/s1. The van der Waals surface area contributed by atoms with E-state index in [4.69, 9.17) is 11.6 Å². The molecule has 0 radical (unpaired) electrons. The first-order chi connectivity index (χ1) is 13.9. The summed E-state index contributed by atoms with van der Waals surface area (Å²) in [7, 11) is 0. The summed E-state index contributed by atoms with van der Waals surface area (Å²) < 4.78 is 0. The van der Waals surface area contributed by atoms with E-state index in [1.54, 1.807) is 24.3 Å². The Morgan fingerprint density at radius 2 is 1.48 bits per heavy atom. The van der Waals surface area contributed by atoms with Gasteiger partial charge in [0.05, 0.1) is 16.6 Å². The molecule has 3 aromatic carbocycles. The van der Waals surface area contributed by atoms with Gasteiger partial charge in [0, 0.05) is 0 Å². The first-order valence-corrected chi connectivity index (χ1v) is 10.1. The third kappa shape index (κ3) is 4.96. The largest absolute Gasteiger partial charge is 0.348 e. The topological polar surface area (TPSA) is 58.2 Å². The second kappa shape index (κ2) is 9.10. The van der Waals surface area contributed by atoms with Gasteiger partial charge < -0.3 is 10.6 Å². The van der Waals surface area contributed by atoms with Crippen LogP contribution in [0.4, 0.5) is 0 Å². The van der Waals surface area contributed by atoms with E-state index < -0.39 is 6.04 Å². The van der Waals surface area contributed by atoms with Gasteiger partial charge in [-0.2, -0.15) is 0 Å². The van der Waals surface area contributed by atoms with Crippen molar-refractivity contribution in [3.05, 3.63) is 82.9 Å².